The molecule has 1 N–H and O–H groups in total. The molecule has 0 amide bonds. The van der Waals surface area contributed by atoms with Crippen molar-refractivity contribution in [2.45, 2.75) is 20.4 Å². The number of nitrogens with zero attached hydrogens (tertiary/aromatic N) is 3. The first kappa shape index (κ1) is 14.9. The molecule has 0 aliphatic carbocycles. The fourth-order valence-corrected chi connectivity index (χ4v) is 2.03. The van der Waals surface area contributed by atoms with E-state index in [9.17, 15) is 10.1 Å². The summed E-state index contributed by atoms with van der Waals surface area (Å²) in [6, 6.07) is 6.05. The van der Waals surface area contributed by atoms with Gasteiger partial charge in [-0.3, -0.25) is 0 Å². The van der Waals surface area contributed by atoms with Gasteiger partial charge in [-0.25, -0.2) is 9.55 Å². The standard InChI is InChI=1S/C15H17N3O3/c1-11-3-4-13(9-12(11)2)5-6-14-16-10-15(18(20)21)17(14)7-8-19/h3-6,9-10,19H,7-8H2,1-2H3. The number of aromatic nitrogens is 2. The summed E-state index contributed by atoms with van der Waals surface area (Å²) in [6.45, 7) is 4.04. The quantitative estimate of drug-likeness (QED) is 0.677. The Hall–Kier alpha value is -2.47. The Balaban J connectivity index is 2.31. The highest BCUT2D eigenvalue weighted by Gasteiger charge is 2.17. The maximum Gasteiger partial charge on any atom is 0.343 e. The molecule has 0 saturated carbocycles. The van der Waals surface area contributed by atoms with Crippen molar-refractivity contribution in [3.05, 3.63) is 57.0 Å². The average Bonchev–Trinajstić information content (AvgIpc) is 2.84. The van der Waals surface area contributed by atoms with E-state index < -0.39 is 4.92 Å². The van der Waals surface area contributed by atoms with Crippen molar-refractivity contribution in [3.63, 3.8) is 0 Å². The summed E-state index contributed by atoms with van der Waals surface area (Å²) in [5, 5.41) is 19.9. The minimum atomic E-state index is -0.504. The maximum absolute atomic E-state index is 10.9. The van der Waals surface area contributed by atoms with Gasteiger partial charge in [0.05, 0.1) is 6.61 Å². The van der Waals surface area contributed by atoms with Crippen LogP contribution >= 0.6 is 0 Å². The van der Waals surface area contributed by atoms with Crippen LogP contribution in [0, 0.1) is 24.0 Å². The van der Waals surface area contributed by atoms with Gasteiger partial charge in [-0.05, 0) is 41.5 Å². The Labute approximate surface area is 122 Å². The summed E-state index contributed by atoms with van der Waals surface area (Å²) >= 11 is 0. The smallest absolute Gasteiger partial charge is 0.343 e. The van der Waals surface area contributed by atoms with Gasteiger partial charge in [0.25, 0.3) is 0 Å². The monoisotopic (exact) mass is 287 g/mol. The van der Waals surface area contributed by atoms with Crippen LogP contribution in [0.25, 0.3) is 12.2 Å². The Morgan fingerprint density at radius 3 is 2.71 bits per heavy atom. The lowest BCUT2D eigenvalue weighted by Gasteiger charge is -2.01. The van der Waals surface area contributed by atoms with Crippen LogP contribution in [0.2, 0.25) is 0 Å². The third kappa shape index (κ3) is 3.35. The molecule has 0 unspecified atom stereocenters. The van der Waals surface area contributed by atoms with Gasteiger partial charge in [-0.15, -0.1) is 0 Å². The average molecular weight is 287 g/mol. The summed E-state index contributed by atoms with van der Waals surface area (Å²) in [5.74, 6) is 0.331. The molecule has 1 aromatic carbocycles. The van der Waals surface area contributed by atoms with Gasteiger partial charge < -0.3 is 15.2 Å². The second kappa shape index (κ2) is 6.32. The second-order valence-electron chi connectivity index (χ2n) is 4.78. The number of nitro groups is 1. The molecule has 0 atom stereocenters. The fourth-order valence-electron chi connectivity index (χ4n) is 2.03. The van der Waals surface area contributed by atoms with E-state index in [1.807, 2.05) is 38.1 Å². The summed E-state index contributed by atoms with van der Waals surface area (Å²) < 4.78 is 1.39. The highest BCUT2D eigenvalue weighted by Crippen LogP contribution is 2.17. The van der Waals surface area contributed by atoms with Crippen molar-refractivity contribution in [1.29, 1.82) is 0 Å². The van der Waals surface area contributed by atoms with Crippen molar-refractivity contribution in [3.8, 4) is 0 Å². The molecule has 21 heavy (non-hydrogen) atoms. The van der Waals surface area contributed by atoms with Gasteiger partial charge in [-0.2, -0.15) is 0 Å². The number of rotatable bonds is 5. The van der Waals surface area contributed by atoms with Gasteiger partial charge in [0.1, 0.15) is 12.7 Å². The van der Waals surface area contributed by atoms with Crippen molar-refractivity contribution in [2.24, 2.45) is 0 Å². The van der Waals surface area contributed by atoms with Crippen LogP contribution in [0.4, 0.5) is 5.82 Å². The van der Waals surface area contributed by atoms with Crippen LogP contribution in [-0.2, 0) is 6.54 Å². The normalized spacial score (nSPS) is 11.2. The molecule has 2 rings (SSSR count). The van der Waals surface area contributed by atoms with Gasteiger partial charge in [0, 0.05) is 6.08 Å². The van der Waals surface area contributed by atoms with Crippen LogP contribution < -0.4 is 0 Å². The van der Waals surface area contributed by atoms with E-state index >= 15 is 0 Å². The van der Waals surface area contributed by atoms with Gasteiger partial charge >= 0.3 is 5.82 Å². The molecule has 1 aromatic heterocycles. The number of aliphatic hydroxyl groups excluding tert-OH is 1. The number of aryl methyl sites for hydroxylation is 2. The first-order valence-corrected chi connectivity index (χ1v) is 6.59. The summed E-state index contributed by atoms with van der Waals surface area (Å²) in [6.07, 6.45) is 4.77. The first-order chi connectivity index (χ1) is 10.0. The molecular weight excluding hydrogens is 270 g/mol. The van der Waals surface area contributed by atoms with Crippen molar-refractivity contribution in [2.75, 3.05) is 6.61 Å². The largest absolute Gasteiger partial charge is 0.392 e. The Kier molecular flexibility index (Phi) is 4.49. The molecular formula is C15H17N3O3. The lowest BCUT2D eigenvalue weighted by molar-refractivity contribution is -0.392. The van der Waals surface area contributed by atoms with E-state index in [4.69, 9.17) is 5.11 Å². The van der Waals surface area contributed by atoms with Crippen LogP contribution in [0.5, 0.6) is 0 Å². The maximum atomic E-state index is 10.9. The minimum Gasteiger partial charge on any atom is -0.392 e. The minimum absolute atomic E-state index is 0.121. The highest BCUT2D eigenvalue weighted by atomic mass is 16.6. The van der Waals surface area contributed by atoms with Gasteiger partial charge in [0.2, 0.25) is 5.82 Å². The topological polar surface area (TPSA) is 81.2 Å². The molecule has 6 heteroatoms. The van der Waals surface area contributed by atoms with Crippen LogP contribution in [0.3, 0.4) is 0 Å². The SMILES string of the molecule is Cc1ccc(C=Cc2ncc([N+](=O)[O-])n2CCO)cc1C. The third-order valence-corrected chi connectivity index (χ3v) is 3.33. The number of benzene rings is 1. The van der Waals surface area contributed by atoms with E-state index in [1.165, 1.54) is 21.9 Å². The van der Waals surface area contributed by atoms with E-state index in [0.29, 0.717) is 5.82 Å². The molecule has 0 fully saturated rings. The van der Waals surface area contributed by atoms with Crippen molar-refractivity contribution < 1.29 is 10.0 Å². The van der Waals surface area contributed by atoms with E-state index in [1.54, 1.807) is 6.08 Å². The van der Waals surface area contributed by atoms with E-state index in [2.05, 4.69) is 4.98 Å². The molecule has 0 aliphatic heterocycles. The van der Waals surface area contributed by atoms with Gasteiger partial charge in [0.15, 0.2) is 0 Å². The summed E-state index contributed by atoms with van der Waals surface area (Å²) in [7, 11) is 0. The molecule has 2 aromatic rings. The molecule has 0 spiro atoms. The molecule has 110 valence electrons. The summed E-state index contributed by atoms with van der Waals surface area (Å²) in [5.41, 5.74) is 3.39. The predicted molar refractivity (Wildman–Crippen MR) is 80.8 cm³/mol. The van der Waals surface area contributed by atoms with Gasteiger partial charge in [-0.1, -0.05) is 18.2 Å². The highest BCUT2D eigenvalue weighted by molar-refractivity contribution is 5.68. The lowest BCUT2D eigenvalue weighted by atomic mass is 10.1. The number of aliphatic hydroxyl groups is 1. The van der Waals surface area contributed by atoms with Crippen LogP contribution in [0.1, 0.15) is 22.5 Å². The van der Waals surface area contributed by atoms with Crippen LogP contribution in [0.15, 0.2) is 24.4 Å². The lowest BCUT2D eigenvalue weighted by Crippen LogP contribution is -2.07. The first-order valence-electron chi connectivity index (χ1n) is 6.59. The molecule has 0 aliphatic rings. The van der Waals surface area contributed by atoms with Crippen LogP contribution in [-0.4, -0.2) is 26.2 Å². The fraction of sp³-hybridized carbons (Fsp3) is 0.267. The molecule has 0 bridgehead atoms. The summed E-state index contributed by atoms with van der Waals surface area (Å²) in [4.78, 5) is 14.4. The molecule has 0 saturated heterocycles. The number of hydrogen-bond acceptors (Lipinski definition) is 4. The molecule has 6 nitrogen and oxygen atoms in total. The zero-order chi connectivity index (χ0) is 15.4. The Bertz CT molecular complexity index is 689. The number of imidazole rings is 1. The van der Waals surface area contributed by atoms with Crippen molar-refractivity contribution in [1.82, 2.24) is 9.55 Å². The van der Waals surface area contributed by atoms with E-state index in [-0.39, 0.29) is 19.0 Å². The Morgan fingerprint density at radius 2 is 2.10 bits per heavy atom. The zero-order valence-electron chi connectivity index (χ0n) is 12.0. The zero-order valence-corrected chi connectivity index (χ0v) is 12.0. The molecule has 1 heterocycles. The molecule has 0 radical (unpaired) electrons. The second-order valence-corrected chi connectivity index (χ2v) is 4.78. The van der Waals surface area contributed by atoms with E-state index in [0.717, 1.165) is 5.56 Å². The Morgan fingerprint density at radius 1 is 1.33 bits per heavy atom. The van der Waals surface area contributed by atoms with Crippen molar-refractivity contribution >= 4 is 18.0 Å². The predicted octanol–water partition coefficient (Wildman–Crippen LogP) is 2.57. The third-order valence-electron chi connectivity index (χ3n) is 3.33. The number of hydrogen-bond donors (Lipinski definition) is 1.